The Hall–Kier alpha value is -0.900. The van der Waals surface area contributed by atoms with Crippen molar-refractivity contribution in [2.24, 2.45) is 0 Å². The lowest BCUT2D eigenvalue weighted by Gasteiger charge is -2.13. The molecule has 1 heterocycles. The summed E-state index contributed by atoms with van der Waals surface area (Å²) in [7, 11) is 1.66. The molecule has 17 heavy (non-hydrogen) atoms. The third-order valence-electron chi connectivity index (χ3n) is 3.11. The van der Waals surface area contributed by atoms with Gasteiger partial charge in [0.05, 0.1) is 13.3 Å². The van der Waals surface area contributed by atoms with Crippen LogP contribution in [0.3, 0.4) is 0 Å². The Balaban J connectivity index is 1.84. The standard InChI is InChI=1S/C13H20N2OS/c1-3-17-12-6-4-10(8-12)15-13-7-5-11(16-2)9-14-13/h5,7,9-10,12H,3-4,6,8H2,1-2H3,(H,14,15). The van der Waals surface area contributed by atoms with E-state index in [9.17, 15) is 0 Å². The fraction of sp³-hybridized carbons (Fsp3) is 0.615. The summed E-state index contributed by atoms with van der Waals surface area (Å²) in [6.45, 7) is 2.23. The predicted molar refractivity (Wildman–Crippen MR) is 74.0 cm³/mol. The van der Waals surface area contributed by atoms with Crippen molar-refractivity contribution in [1.82, 2.24) is 4.98 Å². The molecule has 2 rings (SSSR count). The molecule has 4 heteroatoms. The molecule has 1 aliphatic rings. The fourth-order valence-corrected chi connectivity index (χ4v) is 3.40. The molecule has 1 fully saturated rings. The zero-order valence-electron chi connectivity index (χ0n) is 10.5. The summed E-state index contributed by atoms with van der Waals surface area (Å²) >= 11 is 2.08. The van der Waals surface area contributed by atoms with E-state index < -0.39 is 0 Å². The van der Waals surface area contributed by atoms with Gasteiger partial charge in [0.15, 0.2) is 0 Å². The molecular formula is C13H20N2OS. The Kier molecular flexibility index (Phi) is 4.54. The summed E-state index contributed by atoms with van der Waals surface area (Å²) in [6, 6.07) is 4.52. The number of nitrogens with one attached hydrogen (secondary N) is 1. The van der Waals surface area contributed by atoms with Gasteiger partial charge in [0, 0.05) is 11.3 Å². The molecular weight excluding hydrogens is 232 g/mol. The highest BCUT2D eigenvalue weighted by Crippen LogP contribution is 2.31. The van der Waals surface area contributed by atoms with Gasteiger partial charge in [-0.15, -0.1) is 0 Å². The largest absolute Gasteiger partial charge is 0.495 e. The van der Waals surface area contributed by atoms with Crippen LogP contribution in [0.5, 0.6) is 5.75 Å². The van der Waals surface area contributed by atoms with E-state index in [0.717, 1.165) is 16.8 Å². The van der Waals surface area contributed by atoms with Crippen molar-refractivity contribution in [2.45, 2.75) is 37.5 Å². The second kappa shape index (κ2) is 6.15. The number of pyridine rings is 1. The molecule has 1 aliphatic carbocycles. The molecule has 2 atom stereocenters. The molecule has 0 spiro atoms. The first-order valence-corrected chi connectivity index (χ1v) is 7.25. The third kappa shape index (κ3) is 3.53. The van der Waals surface area contributed by atoms with Crippen molar-refractivity contribution in [3.63, 3.8) is 0 Å². The summed E-state index contributed by atoms with van der Waals surface area (Å²) in [5.41, 5.74) is 0. The van der Waals surface area contributed by atoms with Crippen LogP contribution in [-0.2, 0) is 0 Å². The number of rotatable bonds is 5. The summed E-state index contributed by atoms with van der Waals surface area (Å²) in [5, 5.41) is 4.33. The van der Waals surface area contributed by atoms with Gasteiger partial charge in [0.1, 0.15) is 11.6 Å². The maximum Gasteiger partial charge on any atom is 0.137 e. The number of thioether (sulfide) groups is 1. The smallest absolute Gasteiger partial charge is 0.137 e. The fourth-order valence-electron chi connectivity index (χ4n) is 2.25. The van der Waals surface area contributed by atoms with E-state index in [-0.39, 0.29) is 0 Å². The van der Waals surface area contributed by atoms with E-state index in [4.69, 9.17) is 4.74 Å². The number of hydrogen-bond donors (Lipinski definition) is 1. The summed E-state index contributed by atoms with van der Waals surface area (Å²) < 4.78 is 5.09. The quantitative estimate of drug-likeness (QED) is 0.872. The highest BCUT2D eigenvalue weighted by molar-refractivity contribution is 7.99. The minimum atomic E-state index is 0.583. The molecule has 0 amide bonds. The molecule has 1 saturated carbocycles. The number of anilines is 1. The van der Waals surface area contributed by atoms with Crippen LogP contribution >= 0.6 is 11.8 Å². The minimum absolute atomic E-state index is 0.583. The van der Waals surface area contributed by atoms with Crippen LogP contribution in [-0.4, -0.2) is 29.1 Å². The lowest BCUT2D eigenvalue weighted by atomic mass is 10.2. The molecule has 1 aromatic rings. The average molecular weight is 252 g/mol. The molecule has 2 unspecified atom stereocenters. The molecule has 0 radical (unpaired) electrons. The van der Waals surface area contributed by atoms with Gasteiger partial charge in [-0.1, -0.05) is 6.92 Å². The number of ether oxygens (including phenoxy) is 1. The zero-order valence-corrected chi connectivity index (χ0v) is 11.3. The van der Waals surface area contributed by atoms with Gasteiger partial charge < -0.3 is 10.1 Å². The van der Waals surface area contributed by atoms with Crippen LogP contribution in [0, 0.1) is 0 Å². The van der Waals surface area contributed by atoms with E-state index in [1.54, 1.807) is 13.3 Å². The van der Waals surface area contributed by atoms with Crippen LogP contribution in [0.15, 0.2) is 18.3 Å². The van der Waals surface area contributed by atoms with Gasteiger partial charge >= 0.3 is 0 Å². The summed E-state index contributed by atoms with van der Waals surface area (Å²) in [4.78, 5) is 4.34. The third-order valence-corrected chi connectivity index (χ3v) is 4.34. The van der Waals surface area contributed by atoms with Crippen LogP contribution in [0.25, 0.3) is 0 Å². The number of nitrogens with zero attached hydrogens (tertiary/aromatic N) is 1. The lowest BCUT2D eigenvalue weighted by Crippen LogP contribution is -2.16. The van der Waals surface area contributed by atoms with Crippen molar-refractivity contribution in [3.05, 3.63) is 18.3 Å². The van der Waals surface area contributed by atoms with Crippen molar-refractivity contribution in [1.29, 1.82) is 0 Å². The minimum Gasteiger partial charge on any atom is -0.495 e. The molecule has 94 valence electrons. The second-order valence-corrected chi connectivity index (χ2v) is 5.89. The number of aromatic nitrogens is 1. The number of methoxy groups -OCH3 is 1. The van der Waals surface area contributed by atoms with E-state index in [1.807, 2.05) is 12.1 Å². The Bertz CT molecular complexity index is 342. The van der Waals surface area contributed by atoms with Crippen LogP contribution in [0.4, 0.5) is 5.82 Å². The Morgan fingerprint density at radius 2 is 2.35 bits per heavy atom. The SMILES string of the molecule is CCSC1CCC(Nc2ccc(OC)cn2)C1. The highest BCUT2D eigenvalue weighted by atomic mass is 32.2. The van der Waals surface area contributed by atoms with Gasteiger partial charge in [-0.25, -0.2) is 4.98 Å². The van der Waals surface area contributed by atoms with Gasteiger partial charge in [-0.05, 0) is 37.1 Å². The second-order valence-electron chi connectivity index (χ2n) is 4.31. The van der Waals surface area contributed by atoms with Gasteiger partial charge in [0.25, 0.3) is 0 Å². The Morgan fingerprint density at radius 1 is 1.47 bits per heavy atom. The molecule has 0 bridgehead atoms. The topological polar surface area (TPSA) is 34.1 Å². The van der Waals surface area contributed by atoms with Crippen molar-refractivity contribution in [3.8, 4) is 5.75 Å². The first-order chi connectivity index (χ1) is 8.31. The molecule has 1 aromatic heterocycles. The molecule has 0 saturated heterocycles. The highest BCUT2D eigenvalue weighted by Gasteiger charge is 2.24. The average Bonchev–Trinajstić information content (AvgIpc) is 2.78. The maximum atomic E-state index is 5.09. The lowest BCUT2D eigenvalue weighted by molar-refractivity contribution is 0.413. The molecule has 0 aliphatic heterocycles. The van der Waals surface area contributed by atoms with Crippen LogP contribution < -0.4 is 10.1 Å². The summed E-state index contributed by atoms with van der Waals surface area (Å²) in [6.07, 6.45) is 5.60. The van der Waals surface area contributed by atoms with Crippen molar-refractivity contribution >= 4 is 17.6 Å². The predicted octanol–water partition coefficient (Wildman–Crippen LogP) is 3.18. The van der Waals surface area contributed by atoms with Crippen molar-refractivity contribution < 1.29 is 4.74 Å². The van der Waals surface area contributed by atoms with Crippen LogP contribution in [0.2, 0.25) is 0 Å². The first kappa shape index (κ1) is 12.6. The zero-order chi connectivity index (χ0) is 12.1. The molecule has 0 aromatic carbocycles. The van der Waals surface area contributed by atoms with E-state index in [2.05, 4.69) is 29.0 Å². The Morgan fingerprint density at radius 3 is 3.00 bits per heavy atom. The molecule has 3 nitrogen and oxygen atoms in total. The van der Waals surface area contributed by atoms with Crippen LogP contribution in [0.1, 0.15) is 26.2 Å². The van der Waals surface area contributed by atoms with Gasteiger partial charge in [0.2, 0.25) is 0 Å². The van der Waals surface area contributed by atoms with E-state index >= 15 is 0 Å². The van der Waals surface area contributed by atoms with E-state index in [0.29, 0.717) is 6.04 Å². The number of hydrogen-bond acceptors (Lipinski definition) is 4. The Labute approximate surface area is 107 Å². The molecule has 1 N–H and O–H groups in total. The van der Waals surface area contributed by atoms with Gasteiger partial charge in [-0.2, -0.15) is 11.8 Å². The summed E-state index contributed by atoms with van der Waals surface area (Å²) in [5.74, 6) is 2.98. The van der Waals surface area contributed by atoms with Gasteiger partial charge in [-0.3, -0.25) is 0 Å². The normalized spacial score (nSPS) is 23.6. The van der Waals surface area contributed by atoms with Crippen molar-refractivity contribution in [2.75, 3.05) is 18.2 Å². The first-order valence-electron chi connectivity index (χ1n) is 6.20. The monoisotopic (exact) mass is 252 g/mol. The maximum absolute atomic E-state index is 5.09. The van der Waals surface area contributed by atoms with E-state index in [1.165, 1.54) is 25.0 Å².